The molecule has 2 N–H and O–H groups in total. The van der Waals surface area contributed by atoms with E-state index < -0.39 is 9.84 Å². The van der Waals surface area contributed by atoms with Crippen molar-refractivity contribution in [3.63, 3.8) is 0 Å². The molecule has 0 radical (unpaired) electrons. The predicted molar refractivity (Wildman–Crippen MR) is 107 cm³/mol. The zero-order chi connectivity index (χ0) is 20.0. The van der Waals surface area contributed by atoms with E-state index in [4.69, 9.17) is 0 Å². The molecule has 0 aliphatic rings. The number of aliphatic imine (C=N–C) groups is 1. The molecular weight excluding hydrogens is 353 g/mol. The van der Waals surface area contributed by atoms with Crippen molar-refractivity contribution in [2.75, 3.05) is 25.1 Å². The third-order valence-electron chi connectivity index (χ3n) is 4.21. The van der Waals surface area contributed by atoms with Crippen molar-refractivity contribution in [1.82, 2.24) is 10.6 Å². The number of nitrogens with one attached hydrogen (secondary N) is 2. The van der Waals surface area contributed by atoms with Gasteiger partial charge in [-0.05, 0) is 49.8 Å². The Morgan fingerprint density at radius 3 is 2.54 bits per heavy atom. The van der Waals surface area contributed by atoms with Crippen LogP contribution in [0.5, 0.6) is 0 Å². The Kier molecular flexibility index (Phi) is 8.06. The number of guanidine groups is 1. The highest BCUT2D eigenvalue weighted by molar-refractivity contribution is 7.90. The number of sulfone groups is 1. The van der Waals surface area contributed by atoms with E-state index in [1.54, 1.807) is 13.0 Å². The van der Waals surface area contributed by atoms with Crippen LogP contribution in [0.1, 0.15) is 51.3 Å². The summed E-state index contributed by atoms with van der Waals surface area (Å²) in [5.41, 5.74) is 1.23. The van der Waals surface area contributed by atoms with Crippen LogP contribution in [-0.2, 0) is 9.84 Å². The van der Waals surface area contributed by atoms with Crippen molar-refractivity contribution in [2.24, 2.45) is 10.4 Å². The number of rotatable bonds is 8. The highest BCUT2D eigenvalue weighted by atomic mass is 32.2. The third kappa shape index (κ3) is 8.17. The zero-order valence-electron chi connectivity index (χ0n) is 16.7. The topological polar surface area (TPSA) is 70.6 Å². The normalized spacial score (nSPS) is 14.2. The lowest BCUT2D eigenvalue weighted by Crippen LogP contribution is -2.39. The van der Waals surface area contributed by atoms with Crippen LogP contribution >= 0.6 is 0 Å². The number of benzene rings is 1. The minimum atomic E-state index is -2.98. The van der Waals surface area contributed by atoms with E-state index in [1.807, 2.05) is 33.8 Å². The molecule has 0 amide bonds. The van der Waals surface area contributed by atoms with Gasteiger partial charge < -0.3 is 10.6 Å². The Morgan fingerprint density at radius 2 is 2.00 bits per heavy atom. The second-order valence-electron chi connectivity index (χ2n) is 7.61. The third-order valence-corrected chi connectivity index (χ3v) is 5.15. The molecule has 1 aromatic carbocycles. The van der Waals surface area contributed by atoms with Gasteiger partial charge in [0.15, 0.2) is 5.96 Å². The van der Waals surface area contributed by atoms with E-state index in [-0.39, 0.29) is 23.0 Å². The summed E-state index contributed by atoms with van der Waals surface area (Å²) in [7, 11) is -2.98. The quantitative estimate of drug-likeness (QED) is 0.532. The van der Waals surface area contributed by atoms with Crippen LogP contribution in [0.3, 0.4) is 0 Å². The summed E-state index contributed by atoms with van der Waals surface area (Å²) in [6, 6.07) is 5.09. The Hall–Kier alpha value is -1.63. The fourth-order valence-corrected chi connectivity index (χ4v) is 3.24. The number of halogens is 1. The van der Waals surface area contributed by atoms with Crippen LogP contribution in [0.15, 0.2) is 23.2 Å². The second kappa shape index (κ2) is 9.35. The Morgan fingerprint density at radius 1 is 1.35 bits per heavy atom. The number of hydrogen-bond acceptors (Lipinski definition) is 3. The van der Waals surface area contributed by atoms with E-state index in [9.17, 15) is 12.8 Å². The van der Waals surface area contributed by atoms with Gasteiger partial charge in [-0.2, -0.15) is 0 Å². The molecule has 5 nitrogen and oxygen atoms in total. The predicted octanol–water partition coefficient (Wildman–Crippen LogP) is 3.21. The fourth-order valence-electron chi connectivity index (χ4n) is 2.32. The standard InChI is InChI=1S/C19H32FN3O2S/c1-7-21-18(22-13-19(4,5)10-11-26(6,24)25)23-15(3)16-9-8-14(2)17(20)12-16/h8-9,12,15H,7,10-11,13H2,1-6H3,(H2,21,22,23). The molecule has 0 fully saturated rings. The SMILES string of the molecule is CCNC(=NCC(C)(C)CCS(C)(=O)=O)NC(C)c1ccc(C)c(F)c1. The first-order valence-corrected chi connectivity index (χ1v) is 11.0. The van der Waals surface area contributed by atoms with Crippen molar-refractivity contribution in [2.45, 2.75) is 47.1 Å². The number of nitrogens with zero attached hydrogens (tertiary/aromatic N) is 1. The van der Waals surface area contributed by atoms with Gasteiger partial charge in [0.05, 0.1) is 11.8 Å². The van der Waals surface area contributed by atoms with Gasteiger partial charge in [-0.1, -0.05) is 26.0 Å². The summed E-state index contributed by atoms with van der Waals surface area (Å²) >= 11 is 0. The van der Waals surface area contributed by atoms with E-state index in [1.165, 1.54) is 12.3 Å². The summed E-state index contributed by atoms with van der Waals surface area (Å²) in [5, 5.41) is 6.46. The summed E-state index contributed by atoms with van der Waals surface area (Å²) in [4.78, 5) is 4.60. The number of hydrogen-bond donors (Lipinski definition) is 2. The van der Waals surface area contributed by atoms with Crippen LogP contribution in [-0.4, -0.2) is 39.5 Å². The van der Waals surface area contributed by atoms with Gasteiger partial charge in [-0.25, -0.2) is 12.8 Å². The molecule has 0 spiro atoms. The molecule has 0 aromatic heterocycles. The van der Waals surface area contributed by atoms with E-state index in [0.29, 0.717) is 31.0 Å². The van der Waals surface area contributed by atoms with Gasteiger partial charge in [0.1, 0.15) is 15.7 Å². The van der Waals surface area contributed by atoms with E-state index in [0.717, 1.165) is 5.56 Å². The van der Waals surface area contributed by atoms with Crippen LogP contribution in [0.2, 0.25) is 0 Å². The summed E-state index contributed by atoms with van der Waals surface area (Å²) in [6.07, 6.45) is 1.80. The average molecular weight is 386 g/mol. The van der Waals surface area contributed by atoms with Crippen molar-refractivity contribution < 1.29 is 12.8 Å². The minimum Gasteiger partial charge on any atom is -0.357 e. The Bertz CT molecular complexity index is 730. The van der Waals surface area contributed by atoms with Crippen molar-refractivity contribution in [3.8, 4) is 0 Å². The first kappa shape index (κ1) is 22.4. The molecule has 1 aromatic rings. The van der Waals surface area contributed by atoms with Gasteiger partial charge in [0.2, 0.25) is 0 Å². The summed E-state index contributed by atoms with van der Waals surface area (Å²) in [6.45, 7) is 10.9. The first-order valence-electron chi connectivity index (χ1n) is 8.92. The van der Waals surface area contributed by atoms with Crippen molar-refractivity contribution in [1.29, 1.82) is 0 Å². The van der Waals surface area contributed by atoms with Crippen molar-refractivity contribution >= 4 is 15.8 Å². The largest absolute Gasteiger partial charge is 0.357 e. The zero-order valence-corrected chi connectivity index (χ0v) is 17.5. The highest BCUT2D eigenvalue weighted by Gasteiger charge is 2.20. The maximum atomic E-state index is 13.8. The Balaban J connectivity index is 2.80. The molecule has 1 rings (SSSR count). The molecule has 1 unspecified atom stereocenters. The minimum absolute atomic E-state index is 0.109. The first-order chi connectivity index (χ1) is 11.9. The van der Waals surface area contributed by atoms with Crippen LogP contribution < -0.4 is 10.6 Å². The molecule has 0 bridgehead atoms. The second-order valence-corrected chi connectivity index (χ2v) is 9.87. The van der Waals surface area contributed by atoms with E-state index >= 15 is 0 Å². The summed E-state index contributed by atoms with van der Waals surface area (Å²) in [5.74, 6) is 0.562. The maximum Gasteiger partial charge on any atom is 0.191 e. The molecule has 0 saturated heterocycles. The monoisotopic (exact) mass is 385 g/mol. The van der Waals surface area contributed by atoms with Crippen LogP contribution in [0.25, 0.3) is 0 Å². The lowest BCUT2D eigenvalue weighted by Gasteiger charge is -2.24. The van der Waals surface area contributed by atoms with Gasteiger partial charge in [0.25, 0.3) is 0 Å². The van der Waals surface area contributed by atoms with Crippen molar-refractivity contribution in [3.05, 3.63) is 35.1 Å². The summed E-state index contributed by atoms with van der Waals surface area (Å²) < 4.78 is 36.6. The molecule has 7 heteroatoms. The number of aryl methyl sites for hydroxylation is 1. The van der Waals surface area contributed by atoms with Gasteiger partial charge in [-0.3, -0.25) is 4.99 Å². The van der Waals surface area contributed by atoms with Gasteiger partial charge >= 0.3 is 0 Å². The Labute approximate surface area is 157 Å². The molecule has 148 valence electrons. The molecular formula is C19H32FN3O2S. The molecule has 1 atom stereocenters. The van der Waals surface area contributed by atoms with E-state index in [2.05, 4.69) is 15.6 Å². The maximum absolute atomic E-state index is 13.8. The molecule has 0 saturated carbocycles. The molecule has 0 heterocycles. The average Bonchev–Trinajstić information content (AvgIpc) is 2.53. The fraction of sp³-hybridized carbons (Fsp3) is 0.632. The van der Waals surface area contributed by atoms with Crippen LogP contribution in [0.4, 0.5) is 4.39 Å². The van der Waals surface area contributed by atoms with Gasteiger partial charge in [-0.15, -0.1) is 0 Å². The molecule has 0 aliphatic carbocycles. The molecule has 0 aliphatic heterocycles. The van der Waals surface area contributed by atoms with Crippen LogP contribution in [0, 0.1) is 18.2 Å². The lowest BCUT2D eigenvalue weighted by atomic mass is 9.90. The van der Waals surface area contributed by atoms with Gasteiger partial charge in [0, 0.05) is 19.3 Å². The lowest BCUT2D eigenvalue weighted by molar-refractivity contribution is 0.365. The highest BCUT2D eigenvalue weighted by Crippen LogP contribution is 2.22. The molecule has 26 heavy (non-hydrogen) atoms. The smallest absolute Gasteiger partial charge is 0.191 e.